The van der Waals surface area contributed by atoms with Crippen LogP contribution in [0, 0.1) is 23.7 Å². The molecule has 2 heterocycles. The van der Waals surface area contributed by atoms with E-state index in [0.717, 1.165) is 17.4 Å². The van der Waals surface area contributed by atoms with Gasteiger partial charge in [0.2, 0.25) is 11.8 Å². The van der Waals surface area contributed by atoms with Gasteiger partial charge in [0.15, 0.2) is 0 Å². The van der Waals surface area contributed by atoms with E-state index in [0.29, 0.717) is 22.5 Å². The number of aliphatic hydroxyl groups is 1. The summed E-state index contributed by atoms with van der Waals surface area (Å²) in [7, 11) is 0. The van der Waals surface area contributed by atoms with Gasteiger partial charge in [0.1, 0.15) is 0 Å². The Labute approximate surface area is 189 Å². The van der Waals surface area contributed by atoms with E-state index in [1.807, 2.05) is 6.07 Å². The lowest BCUT2D eigenvalue weighted by molar-refractivity contribution is -0.123. The Morgan fingerprint density at radius 1 is 1.00 bits per heavy atom. The average molecular weight is 439 g/mol. The van der Waals surface area contributed by atoms with Crippen LogP contribution in [0.1, 0.15) is 22.3 Å². The van der Waals surface area contributed by atoms with Crippen LogP contribution in [0.5, 0.6) is 0 Å². The Morgan fingerprint density at radius 3 is 2.36 bits per heavy atom. The highest BCUT2D eigenvalue weighted by Gasteiger charge is 2.59. The molecule has 164 valence electrons. The Kier molecular flexibility index (Phi) is 4.41. The summed E-state index contributed by atoms with van der Waals surface area (Å²) in [6.07, 6.45) is 6.63. The second-order valence-electron chi connectivity index (χ2n) is 8.84. The topological polar surface area (TPSA) is 99.6 Å². The maximum absolute atomic E-state index is 13.0. The van der Waals surface area contributed by atoms with Gasteiger partial charge in [-0.25, -0.2) is 0 Å². The number of allylic oxidation sites excluding steroid dienone is 2. The Balaban J connectivity index is 1.24. The van der Waals surface area contributed by atoms with Gasteiger partial charge < -0.3 is 10.4 Å². The van der Waals surface area contributed by atoms with Crippen molar-refractivity contribution in [3.8, 4) is 0 Å². The minimum Gasteiger partial charge on any atom is -0.392 e. The van der Waals surface area contributed by atoms with E-state index in [9.17, 15) is 19.5 Å². The molecule has 7 nitrogen and oxygen atoms in total. The third kappa shape index (κ3) is 2.93. The zero-order valence-electron chi connectivity index (χ0n) is 17.6. The maximum atomic E-state index is 13.0. The molecule has 4 atom stereocenters. The van der Waals surface area contributed by atoms with Gasteiger partial charge in [0.05, 0.1) is 35.3 Å². The lowest BCUT2D eigenvalue weighted by atomic mass is 9.85. The molecular weight excluding hydrogens is 418 g/mol. The highest BCUT2D eigenvalue weighted by Crippen LogP contribution is 2.53. The molecule has 33 heavy (non-hydrogen) atoms. The normalized spacial score (nSPS) is 25.2. The zero-order chi connectivity index (χ0) is 22.7. The number of nitrogens with zero attached hydrogens (tertiary/aromatic N) is 2. The number of benzene rings is 2. The number of fused-ring (bicyclic) bond motifs is 6. The molecule has 3 aliphatic rings. The number of anilines is 2. The monoisotopic (exact) mass is 439 g/mol. The van der Waals surface area contributed by atoms with Crippen molar-refractivity contribution in [3.63, 3.8) is 0 Å². The summed E-state index contributed by atoms with van der Waals surface area (Å²) in [5.41, 5.74) is 2.76. The Morgan fingerprint density at radius 2 is 1.70 bits per heavy atom. The van der Waals surface area contributed by atoms with Gasteiger partial charge in [0, 0.05) is 17.1 Å². The highest BCUT2D eigenvalue weighted by atomic mass is 16.3. The van der Waals surface area contributed by atoms with Crippen LogP contribution in [0.2, 0.25) is 0 Å². The fraction of sp³-hybridized carbons (Fsp3) is 0.231. The number of hydrogen-bond acceptors (Lipinski definition) is 5. The molecule has 0 radical (unpaired) electrons. The van der Waals surface area contributed by atoms with Crippen LogP contribution in [0.3, 0.4) is 0 Å². The predicted octanol–water partition coefficient (Wildman–Crippen LogP) is 3.29. The lowest BCUT2D eigenvalue weighted by Crippen LogP contribution is -2.32. The van der Waals surface area contributed by atoms with Crippen molar-refractivity contribution in [2.24, 2.45) is 23.7 Å². The average Bonchev–Trinajstić information content (AvgIpc) is 3.52. The third-order valence-electron chi connectivity index (χ3n) is 7.14. The number of hydrogen-bond donors (Lipinski definition) is 2. The van der Waals surface area contributed by atoms with Gasteiger partial charge in [-0.1, -0.05) is 24.3 Å². The Bertz CT molecular complexity index is 1320. The second-order valence-corrected chi connectivity index (χ2v) is 8.84. The molecule has 2 fully saturated rings. The summed E-state index contributed by atoms with van der Waals surface area (Å²) < 4.78 is 0. The molecule has 1 aromatic heterocycles. The van der Waals surface area contributed by atoms with Crippen molar-refractivity contribution in [1.29, 1.82) is 0 Å². The molecule has 3 aromatic rings. The first-order chi connectivity index (χ1) is 16.1. The molecule has 2 aliphatic carbocycles. The molecule has 6 rings (SSSR count). The van der Waals surface area contributed by atoms with Crippen molar-refractivity contribution in [2.45, 2.75) is 13.0 Å². The van der Waals surface area contributed by atoms with Crippen LogP contribution in [0.15, 0.2) is 66.9 Å². The lowest BCUT2D eigenvalue weighted by Gasteiger charge is -2.17. The molecule has 1 saturated heterocycles. The minimum atomic E-state index is -0.330. The molecule has 3 amide bonds. The van der Waals surface area contributed by atoms with Gasteiger partial charge in [-0.15, -0.1) is 0 Å². The molecule has 2 aromatic carbocycles. The first-order valence-corrected chi connectivity index (χ1v) is 11.0. The summed E-state index contributed by atoms with van der Waals surface area (Å²) in [4.78, 5) is 44.5. The maximum Gasteiger partial charge on any atom is 0.255 e. The number of para-hydroxylation sites is 1. The smallest absolute Gasteiger partial charge is 0.255 e. The Hall–Kier alpha value is -3.84. The predicted molar refractivity (Wildman–Crippen MR) is 122 cm³/mol. The van der Waals surface area contributed by atoms with Gasteiger partial charge in [-0.2, -0.15) is 0 Å². The van der Waals surface area contributed by atoms with Crippen molar-refractivity contribution in [1.82, 2.24) is 4.98 Å². The van der Waals surface area contributed by atoms with Gasteiger partial charge in [-0.3, -0.25) is 24.3 Å². The van der Waals surface area contributed by atoms with E-state index in [-0.39, 0.29) is 48.0 Å². The first kappa shape index (κ1) is 19.8. The van der Waals surface area contributed by atoms with Crippen LogP contribution in [0.4, 0.5) is 11.4 Å². The highest BCUT2D eigenvalue weighted by molar-refractivity contribution is 6.23. The van der Waals surface area contributed by atoms with Gasteiger partial charge >= 0.3 is 0 Å². The number of aliphatic hydroxyl groups excluding tert-OH is 1. The van der Waals surface area contributed by atoms with E-state index in [2.05, 4.69) is 22.5 Å². The fourth-order valence-corrected chi connectivity index (χ4v) is 5.59. The summed E-state index contributed by atoms with van der Waals surface area (Å²) >= 11 is 0. The number of amides is 3. The summed E-state index contributed by atoms with van der Waals surface area (Å²) in [6.45, 7) is -0.120. The molecule has 7 heteroatoms. The summed E-state index contributed by atoms with van der Waals surface area (Å²) in [5, 5.41) is 13.2. The van der Waals surface area contributed by atoms with Crippen molar-refractivity contribution in [3.05, 3.63) is 78.0 Å². The van der Waals surface area contributed by atoms with E-state index in [1.54, 1.807) is 48.7 Å². The molecule has 1 aliphatic heterocycles. The second kappa shape index (κ2) is 7.35. The number of carbonyl (C=O) groups excluding carboxylic acids is 3. The first-order valence-electron chi connectivity index (χ1n) is 11.0. The van der Waals surface area contributed by atoms with Gasteiger partial charge in [0.25, 0.3) is 5.91 Å². The molecule has 4 unspecified atom stereocenters. The zero-order valence-corrected chi connectivity index (χ0v) is 17.6. The van der Waals surface area contributed by atoms with Crippen molar-refractivity contribution >= 4 is 40.0 Å². The quantitative estimate of drug-likeness (QED) is 0.480. The van der Waals surface area contributed by atoms with E-state index >= 15 is 0 Å². The minimum absolute atomic E-state index is 0.120. The standard InChI is InChI=1S/C26H21N3O4/c30-13-17-10-11-27-23-19(17)2-1-3-20(23)28-24(31)14-6-8-18(9-7-14)29-25(32)21-15-4-5-16(12-15)22(21)26(29)33/h1-11,15-16,21-22,30H,12-13H2,(H,28,31). The largest absolute Gasteiger partial charge is 0.392 e. The SMILES string of the molecule is O=C(Nc1cccc2c(CO)ccnc12)c1ccc(N2C(=O)C3C4C=CC(C4)C3C2=O)cc1. The summed E-state index contributed by atoms with van der Waals surface area (Å²) in [5.74, 6) is -0.791. The fourth-order valence-electron chi connectivity index (χ4n) is 5.59. The number of aromatic nitrogens is 1. The molecular formula is C26H21N3O4. The number of carbonyl (C=O) groups is 3. The van der Waals surface area contributed by atoms with Gasteiger partial charge in [-0.05, 0) is 60.2 Å². The van der Waals surface area contributed by atoms with Crippen molar-refractivity contribution in [2.75, 3.05) is 10.2 Å². The van der Waals surface area contributed by atoms with Crippen LogP contribution < -0.4 is 10.2 Å². The van der Waals surface area contributed by atoms with E-state index in [1.165, 1.54) is 4.90 Å². The molecule has 0 spiro atoms. The summed E-state index contributed by atoms with van der Waals surface area (Å²) in [6, 6.07) is 13.7. The van der Waals surface area contributed by atoms with Crippen LogP contribution >= 0.6 is 0 Å². The van der Waals surface area contributed by atoms with Crippen LogP contribution in [-0.2, 0) is 16.2 Å². The van der Waals surface area contributed by atoms with Crippen LogP contribution in [-0.4, -0.2) is 27.8 Å². The number of pyridine rings is 1. The number of rotatable bonds is 4. The van der Waals surface area contributed by atoms with E-state index < -0.39 is 0 Å². The van der Waals surface area contributed by atoms with E-state index in [4.69, 9.17) is 0 Å². The third-order valence-corrected chi connectivity index (χ3v) is 7.14. The number of imide groups is 1. The molecule has 2 N–H and O–H groups in total. The van der Waals surface area contributed by atoms with Crippen molar-refractivity contribution < 1.29 is 19.5 Å². The van der Waals surface area contributed by atoms with Crippen LogP contribution in [0.25, 0.3) is 10.9 Å². The number of nitrogens with one attached hydrogen (secondary N) is 1. The molecule has 1 saturated carbocycles. The molecule has 2 bridgehead atoms.